The number of anilines is 1. The summed E-state index contributed by atoms with van der Waals surface area (Å²) in [5.74, 6) is 0. The molecular formula is C14H20ClN3O4S. The summed E-state index contributed by atoms with van der Waals surface area (Å²) < 4.78 is 27.2. The highest BCUT2D eigenvalue weighted by atomic mass is 35.5. The third-order valence-corrected chi connectivity index (χ3v) is 6.10. The van der Waals surface area contributed by atoms with Crippen molar-refractivity contribution in [3.05, 3.63) is 32.8 Å². The quantitative estimate of drug-likeness (QED) is 0.642. The Morgan fingerprint density at radius 3 is 2.61 bits per heavy atom. The van der Waals surface area contributed by atoms with E-state index in [1.165, 1.54) is 12.1 Å². The van der Waals surface area contributed by atoms with Crippen LogP contribution in [0.2, 0.25) is 5.02 Å². The van der Waals surface area contributed by atoms with Crippen LogP contribution in [-0.4, -0.2) is 37.7 Å². The average Bonchev–Trinajstić information content (AvgIpc) is 2.86. The summed E-state index contributed by atoms with van der Waals surface area (Å²) >= 11 is 6.19. The van der Waals surface area contributed by atoms with Gasteiger partial charge in [-0.2, -0.15) is 0 Å². The minimum atomic E-state index is -3.39. The molecule has 7 nitrogen and oxygen atoms in total. The number of nitro groups is 1. The molecule has 1 aliphatic rings. The van der Waals surface area contributed by atoms with E-state index in [0.717, 1.165) is 0 Å². The normalized spacial score (nSPS) is 18.7. The van der Waals surface area contributed by atoms with E-state index in [1.807, 2.05) is 4.90 Å². The van der Waals surface area contributed by atoms with Gasteiger partial charge in [0, 0.05) is 31.3 Å². The first-order valence-corrected chi connectivity index (χ1v) is 9.25. The number of hydrogen-bond donors (Lipinski definition) is 1. The van der Waals surface area contributed by atoms with Gasteiger partial charge in [0.05, 0.1) is 20.9 Å². The van der Waals surface area contributed by atoms with Crippen molar-refractivity contribution in [3.8, 4) is 0 Å². The van der Waals surface area contributed by atoms with Gasteiger partial charge in [0.2, 0.25) is 10.0 Å². The second kappa shape index (κ2) is 6.62. The van der Waals surface area contributed by atoms with Gasteiger partial charge >= 0.3 is 0 Å². The van der Waals surface area contributed by atoms with E-state index in [1.54, 1.807) is 20.8 Å². The number of nitrogens with one attached hydrogen (secondary N) is 1. The van der Waals surface area contributed by atoms with Crippen LogP contribution in [0, 0.1) is 17.0 Å². The van der Waals surface area contributed by atoms with Crippen molar-refractivity contribution in [2.45, 2.75) is 38.5 Å². The Balaban J connectivity index is 2.24. The predicted molar refractivity (Wildman–Crippen MR) is 90.7 cm³/mol. The van der Waals surface area contributed by atoms with Crippen LogP contribution in [0.1, 0.15) is 25.8 Å². The third kappa shape index (κ3) is 3.94. The molecule has 1 aromatic carbocycles. The van der Waals surface area contributed by atoms with Crippen LogP contribution in [0.25, 0.3) is 0 Å². The van der Waals surface area contributed by atoms with Crippen molar-refractivity contribution < 1.29 is 13.3 Å². The number of halogens is 1. The Labute approximate surface area is 140 Å². The molecule has 1 saturated heterocycles. The first-order valence-electron chi connectivity index (χ1n) is 7.32. The molecule has 1 aromatic rings. The fraction of sp³-hybridized carbons (Fsp3) is 0.571. The van der Waals surface area contributed by atoms with Gasteiger partial charge < -0.3 is 4.90 Å². The summed E-state index contributed by atoms with van der Waals surface area (Å²) in [6, 6.07) is 2.60. The number of non-ortho nitro benzene ring substituents is 1. The second-order valence-electron chi connectivity index (χ2n) is 6.02. The van der Waals surface area contributed by atoms with Gasteiger partial charge in [0.15, 0.2) is 0 Å². The molecule has 1 unspecified atom stereocenters. The maximum absolute atomic E-state index is 12.3. The van der Waals surface area contributed by atoms with E-state index in [-0.39, 0.29) is 16.8 Å². The van der Waals surface area contributed by atoms with Crippen molar-refractivity contribution >= 4 is 33.0 Å². The Bertz CT molecular complexity index is 698. The molecule has 1 aliphatic heterocycles. The number of hydrogen-bond acceptors (Lipinski definition) is 5. The lowest BCUT2D eigenvalue weighted by Gasteiger charge is -2.22. The lowest BCUT2D eigenvalue weighted by atomic mass is 10.1. The monoisotopic (exact) mass is 361 g/mol. The summed E-state index contributed by atoms with van der Waals surface area (Å²) in [5, 5.41) is 10.6. The minimum Gasteiger partial charge on any atom is -0.369 e. The van der Waals surface area contributed by atoms with Crippen molar-refractivity contribution in [3.63, 3.8) is 0 Å². The molecule has 1 atom stereocenters. The summed E-state index contributed by atoms with van der Waals surface area (Å²) in [5.41, 5.74) is 1.26. The number of sulfonamides is 1. The first kappa shape index (κ1) is 18.0. The topological polar surface area (TPSA) is 92.6 Å². The average molecular weight is 362 g/mol. The molecule has 1 fully saturated rings. The Hall–Kier alpha value is -1.38. The molecule has 0 aromatic heterocycles. The fourth-order valence-corrected chi connectivity index (χ4v) is 4.86. The van der Waals surface area contributed by atoms with Crippen molar-refractivity contribution in [1.82, 2.24) is 4.72 Å². The van der Waals surface area contributed by atoms with Crippen LogP contribution in [0.3, 0.4) is 0 Å². The summed E-state index contributed by atoms with van der Waals surface area (Å²) in [7, 11) is -3.39. The van der Waals surface area contributed by atoms with E-state index in [2.05, 4.69) is 4.72 Å². The van der Waals surface area contributed by atoms with Crippen LogP contribution in [0.5, 0.6) is 0 Å². The Kier molecular flexibility index (Phi) is 5.17. The predicted octanol–water partition coefficient (Wildman–Crippen LogP) is 2.46. The van der Waals surface area contributed by atoms with Gasteiger partial charge in [0.25, 0.3) is 5.69 Å². The zero-order valence-corrected chi connectivity index (χ0v) is 14.8. The minimum absolute atomic E-state index is 0.0684. The third-order valence-electron chi connectivity index (χ3n) is 3.75. The second-order valence-corrected chi connectivity index (χ2v) is 8.42. The summed E-state index contributed by atoms with van der Waals surface area (Å²) in [6.45, 7) is 6.16. The molecular weight excluding hydrogens is 342 g/mol. The zero-order valence-electron chi connectivity index (χ0n) is 13.2. The van der Waals surface area contributed by atoms with Gasteiger partial charge in [-0.25, -0.2) is 13.1 Å². The number of nitrogens with zero attached hydrogens (tertiary/aromatic N) is 2. The smallest absolute Gasteiger partial charge is 0.271 e. The molecule has 128 valence electrons. The Morgan fingerprint density at radius 2 is 2.09 bits per heavy atom. The van der Waals surface area contributed by atoms with Crippen molar-refractivity contribution in [1.29, 1.82) is 0 Å². The molecule has 0 radical (unpaired) electrons. The first-order chi connectivity index (χ1) is 10.6. The largest absolute Gasteiger partial charge is 0.369 e. The molecule has 1 heterocycles. The highest BCUT2D eigenvalue weighted by Gasteiger charge is 2.34. The lowest BCUT2D eigenvalue weighted by molar-refractivity contribution is -0.384. The number of nitro benzene ring substituents is 1. The van der Waals surface area contributed by atoms with Crippen LogP contribution in [0.4, 0.5) is 11.4 Å². The maximum Gasteiger partial charge on any atom is 0.271 e. The highest BCUT2D eigenvalue weighted by Crippen LogP contribution is 2.36. The van der Waals surface area contributed by atoms with E-state index >= 15 is 0 Å². The summed E-state index contributed by atoms with van der Waals surface area (Å²) in [6.07, 6.45) is 0.495. The molecule has 1 N–H and O–H groups in total. The van der Waals surface area contributed by atoms with Crippen LogP contribution in [-0.2, 0) is 10.0 Å². The number of benzene rings is 1. The van der Waals surface area contributed by atoms with Gasteiger partial charge in [-0.1, -0.05) is 11.6 Å². The molecule has 23 heavy (non-hydrogen) atoms. The van der Waals surface area contributed by atoms with Gasteiger partial charge in [-0.05, 0) is 32.8 Å². The molecule has 0 aliphatic carbocycles. The van der Waals surface area contributed by atoms with Crippen LogP contribution >= 0.6 is 11.6 Å². The van der Waals surface area contributed by atoms with Crippen molar-refractivity contribution in [2.24, 2.45) is 0 Å². The van der Waals surface area contributed by atoms with Gasteiger partial charge in [-0.15, -0.1) is 0 Å². The fourth-order valence-electron chi connectivity index (χ4n) is 2.83. The maximum atomic E-state index is 12.3. The highest BCUT2D eigenvalue weighted by molar-refractivity contribution is 7.90. The standard InChI is InChI=1S/C14H20ClN3O4S/c1-9(2)16-23(21,22)12-4-5-17(8-12)14-10(3)6-11(18(19)20)7-13(14)15/h6-7,9,12,16H,4-5,8H2,1-3H3. The van der Waals surface area contributed by atoms with E-state index in [4.69, 9.17) is 11.6 Å². The van der Waals surface area contributed by atoms with Gasteiger partial charge in [0.1, 0.15) is 0 Å². The molecule has 0 spiro atoms. The van der Waals surface area contributed by atoms with Crippen LogP contribution < -0.4 is 9.62 Å². The molecule has 0 bridgehead atoms. The zero-order chi connectivity index (χ0) is 17.4. The molecule has 0 saturated carbocycles. The number of aryl methyl sites for hydroxylation is 1. The SMILES string of the molecule is Cc1cc([N+](=O)[O-])cc(Cl)c1N1CCC(S(=O)(=O)NC(C)C)C1. The van der Waals surface area contributed by atoms with Crippen molar-refractivity contribution in [2.75, 3.05) is 18.0 Å². The van der Waals surface area contributed by atoms with E-state index < -0.39 is 20.2 Å². The Morgan fingerprint density at radius 1 is 1.43 bits per heavy atom. The lowest BCUT2D eigenvalue weighted by Crippen LogP contribution is -2.39. The molecule has 0 amide bonds. The van der Waals surface area contributed by atoms with Gasteiger partial charge in [-0.3, -0.25) is 10.1 Å². The molecule has 9 heteroatoms. The molecule has 2 rings (SSSR count). The number of rotatable bonds is 5. The van der Waals surface area contributed by atoms with E-state index in [9.17, 15) is 18.5 Å². The van der Waals surface area contributed by atoms with Crippen LogP contribution in [0.15, 0.2) is 12.1 Å². The summed E-state index contributed by atoms with van der Waals surface area (Å²) in [4.78, 5) is 12.3. The van der Waals surface area contributed by atoms with E-state index in [0.29, 0.717) is 30.8 Å².